The second kappa shape index (κ2) is 9.97. The fraction of sp³-hybridized carbons (Fsp3) is 0.438. The average molecular weight is 367 g/mol. The summed E-state index contributed by atoms with van der Waals surface area (Å²) in [6, 6.07) is 3.61. The number of esters is 1. The number of nitro benzene ring substituents is 1. The Morgan fingerprint density at radius 1 is 1.31 bits per heavy atom. The molecular formula is C16H21N3O7. The van der Waals surface area contributed by atoms with Gasteiger partial charge in [0.25, 0.3) is 11.8 Å². The van der Waals surface area contributed by atoms with Gasteiger partial charge in [-0.2, -0.15) is 0 Å². The standard InChI is InChI=1S/C16H21N3O7/c1-4-10(2)18-14(20)9-26-15(21)8-17-16(22)11-5-6-13(25-3)12(7-11)19(23)24/h5-7,10H,4,8-9H2,1-3H3,(H,17,22)(H,18,20)/t10-/m1/s1. The van der Waals surface area contributed by atoms with Crippen molar-refractivity contribution < 1.29 is 28.8 Å². The Hall–Kier alpha value is -3.17. The highest BCUT2D eigenvalue weighted by Crippen LogP contribution is 2.27. The first-order chi connectivity index (χ1) is 12.3. The maximum atomic E-state index is 12.0. The molecule has 0 spiro atoms. The first-order valence-corrected chi connectivity index (χ1v) is 7.84. The van der Waals surface area contributed by atoms with Crippen LogP contribution in [0.4, 0.5) is 5.69 Å². The van der Waals surface area contributed by atoms with E-state index in [0.29, 0.717) is 0 Å². The van der Waals surface area contributed by atoms with Gasteiger partial charge in [0.15, 0.2) is 12.4 Å². The molecule has 0 heterocycles. The van der Waals surface area contributed by atoms with Crippen molar-refractivity contribution in [1.29, 1.82) is 0 Å². The third-order valence-corrected chi connectivity index (χ3v) is 3.42. The summed E-state index contributed by atoms with van der Waals surface area (Å²) >= 11 is 0. The molecule has 0 bridgehead atoms. The average Bonchev–Trinajstić information content (AvgIpc) is 2.63. The third-order valence-electron chi connectivity index (χ3n) is 3.42. The topological polar surface area (TPSA) is 137 Å². The molecule has 2 N–H and O–H groups in total. The molecule has 1 rings (SSSR count). The Labute approximate surface area is 150 Å². The van der Waals surface area contributed by atoms with Crippen molar-refractivity contribution in [1.82, 2.24) is 10.6 Å². The van der Waals surface area contributed by atoms with E-state index in [4.69, 9.17) is 9.47 Å². The number of nitrogens with zero attached hydrogens (tertiary/aromatic N) is 1. The quantitative estimate of drug-likeness (QED) is 0.374. The van der Waals surface area contributed by atoms with E-state index < -0.39 is 35.9 Å². The summed E-state index contributed by atoms with van der Waals surface area (Å²) in [5.74, 6) is -1.93. The van der Waals surface area contributed by atoms with Gasteiger partial charge >= 0.3 is 11.7 Å². The lowest BCUT2D eigenvalue weighted by Gasteiger charge is -2.11. The minimum absolute atomic E-state index is 0.0123. The highest BCUT2D eigenvalue weighted by atomic mass is 16.6. The summed E-state index contributed by atoms with van der Waals surface area (Å²) in [5.41, 5.74) is -0.385. The number of rotatable bonds is 9. The second-order valence-electron chi connectivity index (χ2n) is 5.36. The predicted molar refractivity (Wildman–Crippen MR) is 90.8 cm³/mol. The van der Waals surface area contributed by atoms with E-state index in [2.05, 4.69) is 10.6 Å². The highest BCUT2D eigenvalue weighted by molar-refractivity contribution is 5.96. The smallest absolute Gasteiger partial charge is 0.325 e. The summed E-state index contributed by atoms with van der Waals surface area (Å²) in [6.07, 6.45) is 0.740. The number of carbonyl (C=O) groups is 3. The highest BCUT2D eigenvalue weighted by Gasteiger charge is 2.19. The molecule has 0 aliphatic carbocycles. The van der Waals surface area contributed by atoms with Gasteiger partial charge in [0.1, 0.15) is 6.54 Å². The number of ether oxygens (including phenoxy) is 2. The van der Waals surface area contributed by atoms with Gasteiger partial charge < -0.3 is 20.1 Å². The monoisotopic (exact) mass is 367 g/mol. The molecule has 10 heteroatoms. The van der Waals surface area contributed by atoms with Crippen LogP contribution < -0.4 is 15.4 Å². The van der Waals surface area contributed by atoms with Gasteiger partial charge in [-0.3, -0.25) is 24.5 Å². The molecule has 2 amide bonds. The van der Waals surface area contributed by atoms with E-state index in [1.54, 1.807) is 0 Å². The van der Waals surface area contributed by atoms with Crippen LogP contribution in [0.3, 0.4) is 0 Å². The number of benzene rings is 1. The van der Waals surface area contributed by atoms with Crippen molar-refractivity contribution in [3.63, 3.8) is 0 Å². The number of hydrogen-bond acceptors (Lipinski definition) is 7. The van der Waals surface area contributed by atoms with Gasteiger partial charge in [-0.05, 0) is 25.5 Å². The number of nitrogens with one attached hydrogen (secondary N) is 2. The summed E-state index contributed by atoms with van der Waals surface area (Å²) < 4.78 is 9.58. The maximum Gasteiger partial charge on any atom is 0.325 e. The van der Waals surface area contributed by atoms with Gasteiger partial charge in [0.2, 0.25) is 0 Å². The molecule has 0 unspecified atom stereocenters. The molecule has 0 aliphatic heterocycles. The number of hydrogen-bond donors (Lipinski definition) is 2. The van der Waals surface area contributed by atoms with E-state index in [1.165, 1.54) is 19.2 Å². The van der Waals surface area contributed by atoms with E-state index in [-0.39, 0.29) is 23.0 Å². The van der Waals surface area contributed by atoms with Crippen LogP contribution in [0.25, 0.3) is 0 Å². The molecule has 0 aliphatic rings. The fourth-order valence-electron chi connectivity index (χ4n) is 1.84. The van der Waals surface area contributed by atoms with Crippen LogP contribution in [0, 0.1) is 10.1 Å². The van der Waals surface area contributed by atoms with Crippen LogP contribution in [-0.4, -0.2) is 49.0 Å². The Kier molecular flexibility index (Phi) is 8.00. The zero-order valence-electron chi connectivity index (χ0n) is 14.7. The van der Waals surface area contributed by atoms with Crippen LogP contribution in [-0.2, 0) is 14.3 Å². The number of methoxy groups -OCH3 is 1. The van der Waals surface area contributed by atoms with E-state index >= 15 is 0 Å². The van der Waals surface area contributed by atoms with Gasteiger partial charge in [-0.1, -0.05) is 6.92 Å². The second-order valence-corrected chi connectivity index (χ2v) is 5.36. The Morgan fingerprint density at radius 3 is 2.58 bits per heavy atom. The van der Waals surface area contributed by atoms with Crippen LogP contribution in [0.15, 0.2) is 18.2 Å². The van der Waals surface area contributed by atoms with Crippen LogP contribution in [0.5, 0.6) is 5.75 Å². The molecule has 26 heavy (non-hydrogen) atoms. The first-order valence-electron chi connectivity index (χ1n) is 7.84. The van der Waals surface area contributed by atoms with Crippen molar-refractivity contribution in [3.05, 3.63) is 33.9 Å². The molecule has 10 nitrogen and oxygen atoms in total. The largest absolute Gasteiger partial charge is 0.490 e. The van der Waals surface area contributed by atoms with Gasteiger partial charge in [0, 0.05) is 17.7 Å². The molecule has 1 atom stereocenters. The molecule has 0 radical (unpaired) electrons. The van der Waals surface area contributed by atoms with Gasteiger partial charge in [-0.15, -0.1) is 0 Å². The van der Waals surface area contributed by atoms with Gasteiger partial charge in [0.05, 0.1) is 12.0 Å². The SMILES string of the molecule is CC[C@@H](C)NC(=O)COC(=O)CNC(=O)c1ccc(OC)c([N+](=O)[O-])c1. The fourth-order valence-corrected chi connectivity index (χ4v) is 1.84. The zero-order valence-corrected chi connectivity index (χ0v) is 14.7. The molecule has 0 fully saturated rings. The Morgan fingerprint density at radius 2 is 2.00 bits per heavy atom. The maximum absolute atomic E-state index is 12.0. The molecule has 1 aromatic carbocycles. The molecule has 0 saturated carbocycles. The lowest BCUT2D eigenvalue weighted by molar-refractivity contribution is -0.385. The van der Waals surface area contributed by atoms with Crippen molar-refractivity contribution in [2.75, 3.05) is 20.3 Å². The lowest BCUT2D eigenvalue weighted by atomic mass is 10.1. The van der Waals surface area contributed by atoms with Crippen molar-refractivity contribution in [2.45, 2.75) is 26.3 Å². The van der Waals surface area contributed by atoms with Crippen LogP contribution in [0.1, 0.15) is 30.6 Å². The normalized spacial score (nSPS) is 11.2. The minimum atomic E-state index is -0.805. The summed E-state index contributed by atoms with van der Waals surface area (Å²) in [7, 11) is 1.27. The summed E-state index contributed by atoms with van der Waals surface area (Å²) in [6.45, 7) is 2.78. The van der Waals surface area contributed by atoms with Crippen molar-refractivity contribution in [3.8, 4) is 5.75 Å². The van der Waals surface area contributed by atoms with Crippen LogP contribution >= 0.6 is 0 Å². The summed E-state index contributed by atoms with van der Waals surface area (Å²) in [5, 5.41) is 15.8. The predicted octanol–water partition coefficient (Wildman–Crippen LogP) is 0.791. The number of nitro groups is 1. The number of amides is 2. The first kappa shape index (κ1) is 20.9. The lowest BCUT2D eigenvalue weighted by Crippen LogP contribution is -2.37. The zero-order chi connectivity index (χ0) is 19.7. The van der Waals surface area contributed by atoms with Gasteiger partial charge in [-0.25, -0.2) is 0 Å². The molecular weight excluding hydrogens is 346 g/mol. The van der Waals surface area contributed by atoms with E-state index in [1.807, 2.05) is 13.8 Å². The van der Waals surface area contributed by atoms with E-state index in [9.17, 15) is 24.5 Å². The Balaban J connectivity index is 2.53. The molecule has 1 aromatic rings. The Bertz CT molecular complexity index is 690. The number of carbonyl (C=O) groups excluding carboxylic acids is 3. The molecule has 142 valence electrons. The summed E-state index contributed by atoms with van der Waals surface area (Å²) in [4.78, 5) is 45.3. The van der Waals surface area contributed by atoms with Crippen molar-refractivity contribution >= 4 is 23.5 Å². The van der Waals surface area contributed by atoms with Crippen molar-refractivity contribution in [2.24, 2.45) is 0 Å². The molecule has 0 aromatic heterocycles. The van der Waals surface area contributed by atoms with E-state index in [0.717, 1.165) is 12.5 Å². The minimum Gasteiger partial charge on any atom is -0.490 e. The van der Waals surface area contributed by atoms with Crippen LogP contribution in [0.2, 0.25) is 0 Å². The molecule has 0 saturated heterocycles. The third kappa shape index (κ3) is 6.38.